The number of aliphatic hydroxyl groups is 1. The third-order valence-electron chi connectivity index (χ3n) is 27.0. The minimum Gasteiger partial charge on any atom is -0.508 e. The van der Waals surface area contributed by atoms with E-state index in [-0.39, 0.29) is 176 Å². The molecule has 43 heteroatoms. The van der Waals surface area contributed by atoms with E-state index in [9.17, 15) is 82.4 Å². The number of primary amides is 2. The molecule has 0 aliphatic carbocycles. The van der Waals surface area contributed by atoms with Crippen molar-refractivity contribution in [2.24, 2.45) is 23.3 Å². The Hall–Kier alpha value is -12.0. The van der Waals surface area contributed by atoms with Crippen molar-refractivity contribution in [3.63, 3.8) is 0 Å². The van der Waals surface area contributed by atoms with Crippen LogP contribution in [0.25, 0.3) is 10.9 Å². The first-order valence-corrected chi connectivity index (χ1v) is 52.5. The number of phenolic OH excluding ortho intramolecular Hbond substituents is 1. The number of nitrogens with two attached hydrogens (primary N) is 2. The summed E-state index contributed by atoms with van der Waals surface area (Å²) in [6, 6.07) is 3.88. The number of hydrazine groups is 1. The van der Waals surface area contributed by atoms with Gasteiger partial charge in [-0.1, -0.05) is 146 Å². The zero-order valence-corrected chi connectivity index (χ0v) is 89.8. The Balaban J connectivity index is 1.44. The van der Waals surface area contributed by atoms with Crippen LogP contribution in [0.15, 0.2) is 85.1 Å². The van der Waals surface area contributed by atoms with E-state index in [4.69, 9.17) is 11.5 Å². The van der Waals surface area contributed by atoms with Gasteiger partial charge in [0, 0.05) is 108 Å². The average Bonchev–Trinajstić information content (AvgIpc) is 1.38. The van der Waals surface area contributed by atoms with E-state index in [1.807, 2.05) is 27.7 Å². The second-order valence-electron chi connectivity index (χ2n) is 40.9. The van der Waals surface area contributed by atoms with Crippen molar-refractivity contribution in [3.05, 3.63) is 102 Å². The summed E-state index contributed by atoms with van der Waals surface area (Å²) in [7, 11) is 0. The fraction of sp³-hybridized carbons (Fsp3) is 0.626. The molecule has 18 atom stereocenters. The summed E-state index contributed by atoms with van der Waals surface area (Å²) in [5.74, 6) is -14.8. The van der Waals surface area contributed by atoms with Gasteiger partial charge in [0.2, 0.25) is 64.7 Å². The molecule has 25 N–H and O–H groups in total. The number of carboxylic acid groups (broad SMARTS) is 1. The third-order valence-corrected chi connectivity index (χ3v) is 27.0. The quantitative estimate of drug-likeness (QED) is 0.0171. The molecule has 0 saturated carbocycles. The summed E-state index contributed by atoms with van der Waals surface area (Å²) in [4.78, 5) is 282. The largest absolute Gasteiger partial charge is 0.508 e. The molecule has 4 aromatic rings. The Morgan fingerprint density at radius 1 is 0.487 bits per heavy atom. The van der Waals surface area contributed by atoms with Crippen LogP contribution in [0.3, 0.4) is 0 Å². The number of H-pyrrole nitrogens is 1. The van der Waals surface area contributed by atoms with Crippen LogP contribution >= 0.6 is 0 Å². The number of rotatable bonds is 53. The molecule has 832 valence electrons. The highest BCUT2D eigenvalue weighted by Crippen LogP contribution is 2.26. The van der Waals surface area contributed by atoms with Gasteiger partial charge in [0.05, 0.1) is 91.1 Å². The van der Waals surface area contributed by atoms with Crippen molar-refractivity contribution >= 4 is 128 Å². The molecular weight excluding hydrogens is 1930 g/mol. The number of para-hydroxylation sites is 1. The molecule has 0 spiro atoms. The fourth-order valence-corrected chi connectivity index (χ4v) is 17.1. The van der Waals surface area contributed by atoms with Gasteiger partial charge in [-0.25, -0.2) is 10.9 Å². The molecule has 1 aliphatic heterocycles. The molecule has 0 unspecified atom stereocenters. The summed E-state index contributed by atoms with van der Waals surface area (Å²) in [6.45, 7) is 23.8. The SMILES string of the molecule is CC(=O)N[C@@H](CC(C)C)C(=O)N[C@H](C(=O)N[C@@H](Cc1ccccc1)C(=O)N[C@]1(C)CCCCCCCCCCC[C@@](C)(C(=O)CN[C@@H](C)C(=O)CCN[C@@H](C)C(=O)CCC(=O)[C@H](C)NCCC(=O)[C@H](C)NCCC(=O)[C@H](C)NCN[C@H](C)C(N)=O)NC(=O)[C@H](CC(C)C)NC(=O)[C@H](CCC(N)=O)NCN[C@@H](C)C(=O)CC(=O)[C@H](Cc2c[nH]c3ccccc23)NN[C@@H](Cc2ccc(O)cc2)C(=O)C(=O)[C@H](CCC(=O)O)NC1=O)[C@@H](C)O. The number of carboxylic acids is 1. The van der Waals surface area contributed by atoms with Gasteiger partial charge in [0.1, 0.15) is 47.0 Å². The molecule has 3 aromatic carbocycles. The molecule has 5 rings (SSSR count). The Kier molecular flexibility index (Phi) is 56.4. The third kappa shape index (κ3) is 46.4. The van der Waals surface area contributed by atoms with Gasteiger partial charge in [-0.15, -0.1) is 0 Å². The standard InChI is InChI=1S/C107H166N20O23/c1-62(2)52-83(119-72(13)129)101(146)123-96(71(12)128)104(149)121-85(55-73-30-24-23-25-31-73)103(148)125-107(15)48-29-22-20-18-16-17-19-21-28-47-106(14,93(138)59-113-67(8)89(134)45-50-111-65(6)87(132)41-40-86(131)64(5)110-49-44-88(133)66(7)112-51-46-90(135)68(9)115-60-117-70(11)99(109)144)124-102(147)84(53-63(3)4)120-100(145)80(38-42-94(108)139)118-61-116-69(10)91(136)57-92(137)81(56-75-58-114-78-33-27-26-32-77(75)78)126-127-82(54-74-34-36-76(130)37-35-74)98(143)97(142)79(122-105(107)150)39-43-95(140)141/h23-27,30-37,58,62-71,79-85,96,110-118,126-128,130H,16-22,28-29,38-57,59-61H2,1-15H3,(H2,108,139)(H2,109,144)(H,119,129)(H,120,145)(H,121,149)(H,122,150)(H,123,146)(H,124,147)(H,125,148)(H,140,141)/t64-,65-,66-,67-,68-,69-,70+,71+,79-,80-,81-,82-,83-,84-,85-,96-,106-,107+/m0/s1. The monoisotopic (exact) mass is 2100 g/mol. The van der Waals surface area contributed by atoms with Crippen LogP contribution in [0.5, 0.6) is 5.75 Å². The van der Waals surface area contributed by atoms with Gasteiger partial charge in [-0.3, -0.25) is 117 Å². The van der Waals surface area contributed by atoms with E-state index >= 15 is 28.8 Å². The van der Waals surface area contributed by atoms with Crippen molar-refractivity contribution in [1.29, 1.82) is 0 Å². The molecule has 1 aliphatic rings. The normalized spacial score (nSPS) is 21.5. The summed E-state index contributed by atoms with van der Waals surface area (Å²) in [5.41, 5.74) is 15.1. The summed E-state index contributed by atoms with van der Waals surface area (Å²) >= 11 is 0. The molecule has 9 amide bonds. The summed E-state index contributed by atoms with van der Waals surface area (Å²) in [5, 5.41) is 75.5. The predicted molar refractivity (Wildman–Crippen MR) is 564 cm³/mol. The number of fused-ring (bicyclic) bond motifs is 1. The minimum atomic E-state index is -2.08. The molecule has 1 aromatic heterocycles. The number of nitrogens with one attached hydrogen (secondary N) is 18. The number of Topliss-reactive ketones (excluding diaryl/α,β-unsaturated/α-hetero) is 10. The topological polar surface area (TPSA) is 674 Å². The molecule has 1 fully saturated rings. The smallest absolute Gasteiger partial charge is 0.303 e. The van der Waals surface area contributed by atoms with E-state index in [0.29, 0.717) is 79.0 Å². The lowest BCUT2D eigenvalue weighted by atomic mass is 9.88. The number of hydrogen-bond acceptors (Lipinski definition) is 32. The Labute approximate surface area is 879 Å². The van der Waals surface area contributed by atoms with Crippen LogP contribution in [-0.2, 0) is 115 Å². The number of aliphatic hydroxyl groups excluding tert-OH is 1. The minimum absolute atomic E-state index is 0.0510. The van der Waals surface area contributed by atoms with Gasteiger partial charge in [-0.2, -0.15) is 0 Å². The van der Waals surface area contributed by atoms with Gasteiger partial charge in [0.25, 0.3) is 0 Å². The Morgan fingerprint density at radius 2 is 1.01 bits per heavy atom. The van der Waals surface area contributed by atoms with Crippen LogP contribution in [0.2, 0.25) is 0 Å². The van der Waals surface area contributed by atoms with Crippen LogP contribution in [0, 0.1) is 11.8 Å². The lowest BCUT2D eigenvalue weighted by Gasteiger charge is -2.34. The second kappa shape index (κ2) is 65.9. The van der Waals surface area contributed by atoms with Crippen molar-refractivity contribution in [3.8, 4) is 5.75 Å². The van der Waals surface area contributed by atoms with Gasteiger partial charge >= 0.3 is 5.97 Å². The average molecular weight is 2100 g/mol. The molecule has 0 radical (unpaired) electrons. The molecule has 0 bridgehead atoms. The number of carbonyl (C=O) groups is 20. The number of aromatic nitrogens is 1. The zero-order chi connectivity index (χ0) is 112. The number of aromatic amines is 1. The van der Waals surface area contributed by atoms with Crippen molar-refractivity contribution in [1.82, 2.24) is 95.6 Å². The lowest BCUT2D eigenvalue weighted by molar-refractivity contribution is -0.143. The van der Waals surface area contributed by atoms with Crippen molar-refractivity contribution < 1.29 is 111 Å². The van der Waals surface area contributed by atoms with Crippen LogP contribution < -0.4 is 102 Å². The van der Waals surface area contributed by atoms with E-state index in [2.05, 4.69) is 95.6 Å². The number of carbonyl (C=O) groups excluding carboxylic acids is 19. The van der Waals surface area contributed by atoms with E-state index in [0.717, 1.165) is 0 Å². The van der Waals surface area contributed by atoms with Crippen LogP contribution in [0.4, 0.5) is 0 Å². The predicted octanol–water partition coefficient (Wildman–Crippen LogP) is 2.07. The maximum absolute atomic E-state index is 15.6. The number of ketones is 10. The second-order valence-corrected chi connectivity index (χ2v) is 40.9. The van der Waals surface area contributed by atoms with E-state index in [1.54, 1.807) is 109 Å². The number of hydrogen-bond donors (Lipinski definition) is 23. The number of benzene rings is 3. The maximum Gasteiger partial charge on any atom is 0.303 e. The summed E-state index contributed by atoms with van der Waals surface area (Å²) in [6.07, 6.45) is 1.32. The number of aromatic hydroxyl groups is 1. The van der Waals surface area contributed by atoms with Gasteiger partial charge in [-0.05, 0) is 167 Å². The Morgan fingerprint density at radius 3 is 1.55 bits per heavy atom. The highest BCUT2D eigenvalue weighted by atomic mass is 16.4. The van der Waals surface area contributed by atoms with Gasteiger partial charge in [0.15, 0.2) is 34.7 Å². The highest BCUT2D eigenvalue weighted by molar-refractivity contribution is 6.41. The molecule has 2 heterocycles. The molecule has 43 nitrogen and oxygen atoms in total. The van der Waals surface area contributed by atoms with Gasteiger partial charge < -0.3 is 90.3 Å². The van der Waals surface area contributed by atoms with Crippen molar-refractivity contribution in [2.75, 3.05) is 39.5 Å². The maximum atomic E-state index is 15.6. The fourth-order valence-electron chi connectivity index (χ4n) is 17.1. The lowest BCUT2D eigenvalue weighted by Crippen LogP contribution is -2.65. The van der Waals surface area contributed by atoms with E-state index in [1.165, 1.54) is 52.0 Å². The first-order valence-electron chi connectivity index (χ1n) is 52.5. The number of aliphatic carboxylic acids is 1. The Bertz CT molecular complexity index is 5150. The molecular formula is C107H166N20O23. The number of amides is 9. The van der Waals surface area contributed by atoms with Crippen LogP contribution in [0.1, 0.15) is 268 Å². The van der Waals surface area contributed by atoms with Crippen molar-refractivity contribution in [2.45, 2.75) is 379 Å². The molecule has 1 saturated heterocycles. The van der Waals surface area contributed by atoms with E-state index < -0.39 is 222 Å². The molecule has 150 heavy (non-hydrogen) atoms. The first-order chi connectivity index (χ1) is 70.8. The number of phenols is 1. The zero-order valence-electron chi connectivity index (χ0n) is 89.8. The highest BCUT2D eigenvalue weighted by Gasteiger charge is 2.44. The summed E-state index contributed by atoms with van der Waals surface area (Å²) < 4.78 is 0. The first kappa shape index (κ1) is 128. The van der Waals surface area contributed by atoms with Crippen LogP contribution in [-0.4, -0.2) is 285 Å².